The van der Waals surface area contributed by atoms with Crippen molar-refractivity contribution < 1.29 is 22.3 Å². The van der Waals surface area contributed by atoms with Crippen molar-refractivity contribution >= 4 is 21.6 Å². The number of halogens is 1. The molecular weight excluding hydrogens is 371 g/mol. The lowest BCUT2D eigenvalue weighted by Crippen LogP contribution is -2.40. The molecule has 8 heteroatoms. The van der Waals surface area contributed by atoms with Gasteiger partial charge in [-0.1, -0.05) is 18.2 Å². The third-order valence-electron chi connectivity index (χ3n) is 4.28. The van der Waals surface area contributed by atoms with Gasteiger partial charge in [-0.25, -0.2) is 17.5 Å². The summed E-state index contributed by atoms with van der Waals surface area (Å²) in [6.45, 7) is 4.46. The summed E-state index contributed by atoms with van der Waals surface area (Å²) in [6, 6.07) is 10.6. The number of methoxy groups -OCH3 is 1. The number of rotatable bonds is 7. The number of anilines is 1. The van der Waals surface area contributed by atoms with Crippen LogP contribution in [-0.4, -0.2) is 28.0 Å². The second-order valence-electron chi connectivity index (χ2n) is 6.40. The molecule has 0 bridgehead atoms. The van der Waals surface area contributed by atoms with Crippen molar-refractivity contribution in [3.63, 3.8) is 0 Å². The average molecular weight is 394 g/mol. The maximum Gasteiger partial charge on any atom is 0.240 e. The SMILES string of the molecule is CO[C@@](C)(CNS(=O)(=O)c1ccc(NC(C)=O)cc1C)c1ccccc1F. The Morgan fingerprint density at radius 1 is 1.22 bits per heavy atom. The van der Waals surface area contributed by atoms with E-state index in [1.165, 1.54) is 32.2 Å². The average Bonchev–Trinajstić information content (AvgIpc) is 2.59. The lowest BCUT2D eigenvalue weighted by atomic mass is 9.95. The largest absolute Gasteiger partial charge is 0.372 e. The predicted molar refractivity (Wildman–Crippen MR) is 101 cm³/mol. The topological polar surface area (TPSA) is 84.5 Å². The molecular formula is C19H23FN2O4S. The monoisotopic (exact) mass is 394 g/mol. The third-order valence-corrected chi connectivity index (χ3v) is 5.84. The Kier molecular flexibility index (Phi) is 6.35. The Morgan fingerprint density at radius 2 is 1.89 bits per heavy atom. The molecule has 0 radical (unpaired) electrons. The number of amides is 1. The quantitative estimate of drug-likeness (QED) is 0.756. The molecule has 0 fully saturated rings. The van der Waals surface area contributed by atoms with Gasteiger partial charge in [-0.3, -0.25) is 4.79 Å². The normalized spacial score (nSPS) is 13.8. The van der Waals surface area contributed by atoms with E-state index in [0.717, 1.165) is 0 Å². The molecule has 6 nitrogen and oxygen atoms in total. The molecule has 0 saturated carbocycles. The van der Waals surface area contributed by atoms with E-state index in [-0.39, 0.29) is 22.9 Å². The first-order valence-electron chi connectivity index (χ1n) is 8.27. The molecule has 2 aromatic carbocycles. The van der Waals surface area contributed by atoms with Crippen molar-refractivity contribution in [1.82, 2.24) is 4.72 Å². The van der Waals surface area contributed by atoms with Gasteiger partial charge >= 0.3 is 0 Å². The van der Waals surface area contributed by atoms with Crippen LogP contribution < -0.4 is 10.0 Å². The van der Waals surface area contributed by atoms with Crippen LogP contribution in [0.15, 0.2) is 47.4 Å². The minimum atomic E-state index is -3.87. The van der Waals surface area contributed by atoms with Crippen LogP contribution in [-0.2, 0) is 25.2 Å². The van der Waals surface area contributed by atoms with Gasteiger partial charge in [0.15, 0.2) is 0 Å². The zero-order chi connectivity index (χ0) is 20.2. The van der Waals surface area contributed by atoms with Gasteiger partial charge < -0.3 is 10.1 Å². The first-order chi connectivity index (χ1) is 12.6. The molecule has 0 saturated heterocycles. The second-order valence-corrected chi connectivity index (χ2v) is 8.14. The zero-order valence-electron chi connectivity index (χ0n) is 15.7. The molecule has 1 atom stereocenters. The molecule has 0 aliphatic carbocycles. The smallest absolute Gasteiger partial charge is 0.240 e. The number of sulfonamides is 1. The van der Waals surface area contributed by atoms with E-state index in [0.29, 0.717) is 11.3 Å². The van der Waals surface area contributed by atoms with E-state index in [1.807, 2.05) is 0 Å². The first kappa shape index (κ1) is 21.0. The van der Waals surface area contributed by atoms with E-state index in [1.54, 1.807) is 38.1 Å². The van der Waals surface area contributed by atoms with Crippen molar-refractivity contribution in [2.75, 3.05) is 19.0 Å². The molecule has 146 valence electrons. The molecule has 0 spiro atoms. The van der Waals surface area contributed by atoms with Gasteiger partial charge in [-0.2, -0.15) is 0 Å². The van der Waals surface area contributed by atoms with Gasteiger partial charge in [0, 0.05) is 31.8 Å². The lowest BCUT2D eigenvalue weighted by Gasteiger charge is -2.29. The summed E-state index contributed by atoms with van der Waals surface area (Å²) in [7, 11) is -2.47. The van der Waals surface area contributed by atoms with Crippen molar-refractivity contribution in [1.29, 1.82) is 0 Å². The Balaban J connectivity index is 2.25. The molecule has 0 aliphatic rings. The summed E-state index contributed by atoms with van der Waals surface area (Å²) in [5.41, 5.74) is 0.0568. The minimum absolute atomic E-state index is 0.0728. The molecule has 2 rings (SSSR count). The number of carbonyl (C=O) groups is 1. The Morgan fingerprint density at radius 3 is 2.44 bits per heavy atom. The highest BCUT2D eigenvalue weighted by atomic mass is 32.2. The van der Waals surface area contributed by atoms with Crippen molar-refractivity contribution in [3.8, 4) is 0 Å². The molecule has 0 aliphatic heterocycles. The van der Waals surface area contributed by atoms with Gasteiger partial charge in [0.25, 0.3) is 0 Å². The summed E-state index contributed by atoms with van der Waals surface area (Å²) in [5.74, 6) is -0.722. The van der Waals surface area contributed by atoms with Crippen LogP contribution in [0.4, 0.5) is 10.1 Å². The van der Waals surface area contributed by atoms with Gasteiger partial charge in [0.2, 0.25) is 15.9 Å². The van der Waals surface area contributed by atoms with Crippen LogP contribution in [0, 0.1) is 12.7 Å². The molecule has 2 aromatic rings. The van der Waals surface area contributed by atoms with Crippen LogP contribution in [0.3, 0.4) is 0 Å². The highest BCUT2D eigenvalue weighted by Crippen LogP contribution is 2.27. The van der Waals surface area contributed by atoms with Crippen LogP contribution in [0.25, 0.3) is 0 Å². The summed E-state index contributed by atoms with van der Waals surface area (Å²) in [6.07, 6.45) is 0. The zero-order valence-corrected chi connectivity index (χ0v) is 16.5. The number of hydrogen-bond donors (Lipinski definition) is 2. The third kappa shape index (κ3) is 4.91. The molecule has 27 heavy (non-hydrogen) atoms. The highest BCUT2D eigenvalue weighted by molar-refractivity contribution is 7.89. The molecule has 0 heterocycles. The number of benzene rings is 2. The summed E-state index contributed by atoms with van der Waals surface area (Å²) in [4.78, 5) is 11.2. The van der Waals surface area contributed by atoms with Crippen LogP contribution in [0.1, 0.15) is 25.0 Å². The molecule has 0 aromatic heterocycles. The van der Waals surface area contributed by atoms with Crippen LogP contribution in [0.5, 0.6) is 0 Å². The van der Waals surface area contributed by atoms with E-state index >= 15 is 0 Å². The highest BCUT2D eigenvalue weighted by Gasteiger charge is 2.31. The Bertz CT molecular complexity index is 946. The number of ether oxygens (including phenoxy) is 1. The fourth-order valence-corrected chi connectivity index (χ4v) is 4.06. The summed E-state index contributed by atoms with van der Waals surface area (Å²) < 4.78 is 47.5. The predicted octanol–water partition coefficient (Wildman–Crippen LogP) is 2.93. The van der Waals surface area contributed by atoms with Gasteiger partial charge in [-0.15, -0.1) is 0 Å². The van der Waals surface area contributed by atoms with E-state index in [4.69, 9.17) is 4.74 Å². The summed E-state index contributed by atoms with van der Waals surface area (Å²) >= 11 is 0. The minimum Gasteiger partial charge on any atom is -0.372 e. The van der Waals surface area contributed by atoms with E-state index in [2.05, 4.69) is 10.0 Å². The lowest BCUT2D eigenvalue weighted by molar-refractivity contribution is -0.114. The van der Waals surface area contributed by atoms with Crippen molar-refractivity contribution in [2.45, 2.75) is 31.3 Å². The van der Waals surface area contributed by atoms with Crippen molar-refractivity contribution in [3.05, 3.63) is 59.4 Å². The maximum absolute atomic E-state index is 14.1. The van der Waals surface area contributed by atoms with Gasteiger partial charge in [0.05, 0.1) is 4.90 Å². The maximum atomic E-state index is 14.1. The van der Waals surface area contributed by atoms with Crippen LogP contribution >= 0.6 is 0 Å². The second kappa shape index (κ2) is 8.16. The number of hydrogen-bond acceptors (Lipinski definition) is 4. The Labute approximate surface area is 158 Å². The number of nitrogens with one attached hydrogen (secondary N) is 2. The van der Waals surface area contributed by atoms with Gasteiger partial charge in [0.1, 0.15) is 11.4 Å². The molecule has 0 unspecified atom stereocenters. The standard InChI is InChI=1S/C19H23FN2O4S/c1-13-11-15(22-14(2)23)9-10-18(13)27(24,25)21-12-19(3,26-4)16-7-5-6-8-17(16)20/h5-11,21H,12H2,1-4H3,(H,22,23)/t19-/m0/s1. The molecule has 2 N–H and O–H groups in total. The van der Waals surface area contributed by atoms with Crippen molar-refractivity contribution in [2.24, 2.45) is 0 Å². The van der Waals surface area contributed by atoms with E-state index < -0.39 is 21.4 Å². The number of carbonyl (C=O) groups excluding carboxylic acids is 1. The summed E-state index contributed by atoms with van der Waals surface area (Å²) in [5, 5.41) is 2.60. The van der Waals surface area contributed by atoms with Crippen LogP contribution in [0.2, 0.25) is 0 Å². The molecule has 1 amide bonds. The fraction of sp³-hybridized carbons (Fsp3) is 0.316. The first-order valence-corrected chi connectivity index (χ1v) is 9.75. The van der Waals surface area contributed by atoms with Gasteiger partial charge in [-0.05, 0) is 43.7 Å². The number of aryl methyl sites for hydroxylation is 1. The Hall–Kier alpha value is -2.29. The fourth-order valence-electron chi connectivity index (χ4n) is 2.71. The van der Waals surface area contributed by atoms with E-state index in [9.17, 15) is 17.6 Å².